The van der Waals surface area contributed by atoms with Crippen LogP contribution in [0.2, 0.25) is 5.02 Å². The number of halogens is 1. The zero-order chi connectivity index (χ0) is 89.7. The lowest BCUT2D eigenvalue weighted by Gasteiger charge is -2.38. The van der Waals surface area contributed by atoms with Crippen LogP contribution in [0.25, 0.3) is 28.6 Å². The molecule has 34 heteroatoms. The van der Waals surface area contributed by atoms with Crippen molar-refractivity contribution in [2.24, 2.45) is 10.5 Å². The zero-order valence-electron chi connectivity index (χ0n) is 67.6. The van der Waals surface area contributed by atoms with Crippen LogP contribution in [0, 0.1) is 35.8 Å². The third-order valence-electron chi connectivity index (χ3n) is 20.1. The summed E-state index contributed by atoms with van der Waals surface area (Å²) in [7, 11) is 2.82. The fourth-order valence-electron chi connectivity index (χ4n) is 14.0. The minimum Gasteiger partial charge on any atom is -0.504 e. The number of esters is 1. The molecule has 1 saturated heterocycles. The van der Waals surface area contributed by atoms with Crippen molar-refractivity contribution in [2.45, 2.75) is 54.9 Å². The van der Waals surface area contributed by atoms with Crippen molar-refractivity contribution in [3.63, 3.8) is 0 Å². The van der Waals surface area contributed by atoms with Crippen molar-refractivity contribution < 1.29 is 81.3 Å². The Kier molecular flexibility index (Phi) is 29.7. The Bertz CT molecular complexity index is 6280. The van der Waals surface area contributed by atoms with Gasteiger partial charge in [-0.05, 0) is 157 Å². The molecule has 30 nitrogen and oxygen atoms in total. The molecule has 10 aromatic carbocycles. The number of nitrogens with one attached hydrogen (secondary N) is 5. The molecule has 646 valence electrons. The van der Waals surface area contributed by atoms with Crippen LogP contribution in [0.4, 0.5) is 38.4 Å². The lowest BCUT2D eigenvalue weighted by molar-refractivity contribution is -0.384. The molecule has 13 aromatic rings. The minimum absolute atomic E-state index is 0.0103. The van der Waals surface area contributed by atoms with Crippen LogP contribution < -0.4 is 45.6 Å². The fourth-order valence-corrected chi connectivity index (χ4v) is 16.1. The number of carbonyl (C=O) groups excluding carboxylic acids is 4. The number of non-ortho nitro benzene ring substituents is 1. The van der Waals surface area contributed by atoms with E-state index in [0.717, 1.165) is 83.6 Å². The smallest absolute Gasteiger partial charge is 0.337 e. The number of amides is 2. The molecule has 3 aromatic heterocycles. The Morgan fingerprint density at radius 2 is 1.28 bits per heavy atom. The minimum atomic E-state index is -2.10. The molecule has 8 atom stereocenters. The van der Waals surface area contributed by atoms with Gasteiger partial charge in [0.2, 0.25) is 24.3 Å². The van der Waals surface area contributed by atoms with Crippen molar-refractivity contribution in [3.05, 3.63) is 369 Å². The number of pyridine rings is 1. The van der Waals surface area contributed by atoms with E-state index in [9.17, 15) is 63.4 Å². The van der Waals surface area contributed by atoms with E-state index in [0.29, 0.717) is 61.5 Å². The number of aromatic hydroxyl groups is 1. The van der Waals surface area contributed by atoms with Gasteiger partial charge in [0.05, 0.1) is 96.1 Å². The Hall–Kier alpha value is -14.8. The Labute approximate surface area is 741 Å². The number of phenols is 1. The van der Waals surface area contributed by atoms with Crippen LogP contribution in [-0.2, 0) is 30.1 Å². The number of rotatable bonds is 21. The zero-order valence-corrected chi connectivity index (χ0v) is 70.8. The molecule has 7 heterocycles. The number of hydrazone groups is 1. The lowest BCUT2D eigenvalue weighted by Crippen LogP contribution is -2.51. The van der Waals surface area contributed by atoms with E-state index < -0.39 is 43.5 Å². The monoisotopic (exact) mass is 1790 g/mol. The number of phenolic OH excluding ortho intramolecular Hbond substituents is 1. The molecule has 0 spiro atoms. The highest BCUT2D eigenvalue weighted by Crippen LogP contribution is 2.60. The highest BCUT2D eigenvalue weighted by Gasteiger charge is 2.66. The maximum atomic E-state index is 13.0. The van der Waals surface area contributed by atoms with Gasteiger partial charge in [-0.25, -0.2) is 9.00 Å². The first-order valence-corrected chi connectivity index (χ1v) is 42.1. The third-order valence-corrected chi connectivity index (χ3v) is 23.1. The van der Waals surface area contributed by atoms with E-state index in [1.165, 1.54) is 50.6 Å². The van der Waals surface area contributed by atoms with Crippen LogP contribution >= 0.6 is 34.3 Å². The van der Waals surface area contributed by atoms with Crippen LogP contribution in [0.5, 0.6) is 28.7 Å². The Morgan fingerprint density at radius 1 is 0.646 bits per heavy atom. The highest BCUT2D eigenvalue weighted by atomic mass is 35.5. The first kappa shape index (κ1) is 89.9. The summed E-state index contributed by atoms with van der Waals surface area (Å²) in [5, 5.41) is 68.0. The molecule has 3 unspecified atom stereocenters. The number of fused-ring (bicyclic) bond motifs is 8. The molecule has 8 N–H and O–H groups in total. The summed E-state index contributed by atoms with van der Waals surface area (Å²) in [6, 6.07) is 79.5. The van der Waals surface area contributed by atoms with Crippen LogP contribution in [-0.4, -0.2) is 114 Å². The SMILES string of the molecule is COC(=O)c1cccc(NC(=O)/C=C/c2ccccc2)c1.COc1cc(/C=N/Nc2ccnc3cc(Cl)ccc23)ccc1O.C[C@]1(C(=O)NCCO)C[C@@H]2O[C@@H]2[C@H]2Oc3ccccc3[C@H]21.O=C(/C(=C\c1ccccc1)c1cccc(S(=O)O)c1)c1ccccc1.O=[N+]([O-])c1ccc(C2Nc3ccccc3O2)s1.O=[N+]([O-])c1ccc2c(c1)NC(c1ccc([N+](=O)[O-])s1)O2. The Morgan fingerprint density at radius 3 is 1.93 bits per heavy atom. The molecule has 5 aliphatic rings. The van der Waals surface area contributed by atoms with Gasteiger partial charge in [0.25, 0.3) is 5.69 Å². The number of carbonyl (C=O) groups is 4. The van der Waals surface area contributed by atoms with Crippen molar-refractivity contribution >= 4 is 142 Å². The van der Waals surface area contributed by atoms with E-state index in [1.54, 1.807) is 122 Å². The van der Waals surface area contributed by atoms with E-state index >= 15 is 0 Å². The van der Waals surface area contributed by atoms with Crippen LogP contribution in [0.1, 0.15) is 90.0 Å². The number of nitro benzene ring substituents is 1. The van der Waals surface area contributed by atoms with Gasteiger partial charge in [-0.2, -0.15) is 5.10 Å². The van der Waals surface area contributed by atoms with Crippen molar-refractivity contribution in [1.82, 2.24) is 10.3 Å². The number of hydrogen-bond donors (Lipinski definition) is 8. The van der Waals surface area contributed by atoms with Crippen LogP contribution in [0.3, 0.4) is 0 Å². The number of allylic oxidation sites excluding steroid dienone is 1. The number of Topliss-reactive ketones (excluding diaryl/α,β-unsaturated/α-hetero) is 1. The lowest BCUT2D eigenvalue weighted by atomic mass is 9.64. The topological polar surface area (TPSA) is 420 Å². The van der Waals surface area contributed by atoms with Crippen molar-refractivity contribution in [3.8, 4) is 28.7 Å². The predicted molar refractivity (Wildman–Crippen MR) is 486 cm³/mol. The first-order chi connectivity index (χ1) is 61.4. The number of ether oxygens (including phenoxy) is 6. The second-order valence-corrected chi connectivity index (χ2v) is 32.1. The molecule has 0 bridgehead atoms. The fraction of sp³-hybridized carbons (Fsp3) is 0.140. The largest absolute Gasteiger partial charge is 0.504 e. The molecule has 0 radical (unpaired) electrons. The molecule has 18 rings (SSSR count). The van der Waals surface area contributed by atoms with Gasteiger partial charge in [0.1, 0.15) is 29.5 Å². The molecule has 127 heavy (non-hydrogen) atoms. The van der Waals surface area contributed by atoms with E-state index in [2.05, 4.69) is 41.5 Å². The summed E-state index contributed by atoms with van der Waals surface area (Å²) in [6.45, 7) is 2.22. The number of methoxy groups -OCH3 is 2. The highest BCUT2D eigenvalue weighted by molar-refractivity contribution is 7.79. The maximum Gasteiger partial charge on any atom is 0.337 e. The molecule has 2 fully saturated rings. The van der Waals surface area contributed by atoms with E-state index in [4.69, 9.17) is 40.4 Å². The second kappa shape index (κ2) is 42.0. The standard InChI is InChI=1S/C21H16O3S.C17H14ClN3O2.C17H15NO3.C16H19NO4.C11H7N3O5S.C11H8N2O3S/c22-21(17-10-5-2-6-11-17)20(14-16-8-3-1-4-9-16)18-12-7-13-19(15-18)25(23)24;1-23-17-8-11(2-5-16(17)22)10-20-21-14-6-7-19-15-9-12(18)3-4-13(14)15;1-21-17(20)14-8-5-9-15(12-14)18-16(19)11-10-13-6-3-2-4-7-13;1-16(15(19)17-6-7-18)8-11-13(21-11)14-12(16)9-4-2-3-5-10(9)20-14;15-13(16)6-1-2-8-7(5-6)12-11(19-8)9-3-4-10(20-9)14(17)18;14-13(15)10-6-5-9(17-10)11-12-7-3-1-2-4-8(7)16-11/h1-15H,(H,23,24);2-10,22H,1H3,(H,19,21);2-12H,1H3,(H,18,19);2-5,11-14,18H,6-8H2,1H3,(H,17,19);1-5,11-12H;1-6,11-12H/b20-14-;20-10+;11-10+;;;/t;;;11-,12+,13-,14-,16-;;/m...0../s1. The number of thiophene rings is 2. The molecule has 1 aliphatic carbocycles. The Balaban J connectivity index is 0.000000131. The van der Waals surface area contributed by atoms with Crippen molar-refractivity contribution in [2.75, 3.05) is 48.7 Å². The molecule has 4 aliphatic heterocycles. The van der Waals surface area contributed by atoms with Gasteiger partial charge >= 0.3 is 16.0 Å². The molecule has 1 saturated carbocycles. The van der Waals surface area contributed by atoms with E-state index in [1.807, 2.05) is 153 Å². The number of aromatic nitrogens is 1. The van der Waals surface area contributed by atoms with Gasteiger partial charge in [0.15, 0.2) is 28.4 Å². The quantitative estimate of drug-likeness (QED) is 0.00381. The average Bonchev–Trinajstić information content (AvgIpc) is 1.54. The number of hydrogen-bond acceptors (Lipinski definition) is 26. The molecule has 2 amide bonds. The number of epoxide rings is 1. The predicted octanol–water partition coefficient (Wildman–Crippen LogP) is 18.9. The van der Waals surface area contributed by atoms with Crippen LogP contribution in [0.15, 0.2) is 295 Å². The van der Waals surface area contributed by atoms with Gasteiger partial charge in [0, 0.05) is 81.8 Å². The van der Waals surface area contributed by atoms with Gasteiger partial charge in [-0.15, -0.1) is 0 Å². The summed E-state index contributed by atoms with van der Waals surface area (Å²) in [5.74, 6) is 1.76. The number of ketones is 1. The summed E-state index contributed by atoms with van der Waals surface area (Å²) >= 11 is 6.00. The van der Waals surface area contributed by atoms with Gasteiger partial charge in [-0.3, -0.25) is 55.1 Å². The summed E-state index contributed by atoms with van der Waals surface area (Å²) in [5.41, 5.74) is 11.7. The number of aliphatic hydroxyl groups excluding tert-OH is 1. The molecular formula is C93H79ClN10O20S3. The maximum absolute atomic E-state index is 13.0. The third kappa shape index (κ3) is 23.0. The summed E-state index contributed by atoms with van der Waals surface area (Å²) in [4.78, 5) is 85.5. The average molecular weight is 1790 g/mol. The number of anilines is 4. The normalized spacial score (nSPS) is 17.4. The molecular weight excluding hydrogens is 1710 g/mol. The van der Waals surface area contributed by atoms with Gasteiger partial charge < -0.3 is 64.5 Å². The summed E-state index contributed by atoms with van der Waals surface area (Å²) in [6.07, 6.45) is 8.27. The summed E-state index contributed by atoms with van der Waals surface area (Å²) < 4.78 is 53.4. The second-order valence-electron chi connectivity index (χ2n) is 28.5. The number of nitrogens with zero attached hydrogens (tertiary/aromatic N) is 5. The van der Waals surface area contributed by atoms with E-state index in [-0.39, 0.29) is 87.5 Å². The number of nitro groups is 3. The number of benzene rings is 10. The van der Waals surface area contributed by atoms with Crippen molar-refractivity contribution in [1.29, 1.82) is 0 Å². The van der Waals surface area contributed by atoms with Gasteiger partial charge in [-0.1, -0.05) is 174 Å². The number of para-hydroxylation sites is 3. The first-order valence-electron chi connectivity index (χ1n) is 39.0. The number of aliphatic hydroxyl groups is 1.